The molecule has 0 saturated carbocycles. The van der Waals surface area contributed by atoms with Gasteiger partial charge in [0.25, 0.3) is 0 Å². The van der Waals surface area contributed by atoms with Gasteiger partial charge in [-0.15, -0.1) is 0 Å². The zero-order chi connectivity index (χ0) is 10.0. The topological polar surface area (TPSA) is 29.4 Å². The van der Waals surface area contributed by atoms with Gasteiger partial charge in [-0.1, -0.05) is 18.2 Å². The molecule has 14 heavy (non-hydrogen) atoms. The second-order valence-electron chi connectivity index (χ2n) is 3.69. The van der Waals surface area contributed by atoms with E-state index in [9.17, 15) is 4.21 Å². The van der Waals surface area contributed by atoms with Crippen LogP contribution in [0.15, 0.2) is 39.6 Å². The van der Waals surface area contributed by atoms with Crippen LogP contribution in [0, 0.1) is 0 Å². The summed E-state index contributed by atoms with van der Waals surface area (Å²) >= 11 is 0. The molecule has 0 aliphatic carbocycles. The summed E-state index contributed by atoms with van der Waals surface area (Å²) in [6.45, 7) is 2.79. The lowest BCUT2D eigenvalue weighted by molar-refractivity contribution is 0.629. The van der Waals surface area contributed by atoms with Gasteiger partial charge >= 0.3 is 0 Å². The normalized spacial score (nSPS) is 32.2. The Bertz CT molecular complexity index is 418. The SMILES string of the molecule is C[C@@H]1CCCN=S1(=O)c1ccccc1. The monoisotopic (exact) mass is 209 g/mol. The van der Waals surface area contributed by atoms with Crippen LogP contribution in [0.2, 0.25) is 0 Å². The van der Waals surface area contributed by atoms with Crippen LogP contribution in [0.4, 0.5) is 0 Å². The lowest BCUT2D eigenvalue weighted by Gasteiger charge is -2.21. The predicted octanol–water partition coefficient (Wildman–Crippen LogP) is 2.70. The third kappa shape index (κ3) is 1.57. The molecule has 0 spiro atoms. The Kier molecular flexibility index (Phi) is 2.59. The van der Waals surface area contributed by atoms with E-state index < -0.39 is 9.73 Å². The van der Waals surface area contributed by atoms with Gasteiger partial charge < -0.3 is 0 Å². The minimum absolute atomic E-state index is 0.193. The Labute approximate surface area is 85.5 Å². The molecular weight excluding hydrogens is 194 g/mol. The van der Waals surface area contributed by atoms with Crippen LogP contribution >= 0.6 is 0 Å². The fourth-order valence-electron chi connectivity index (χ4n) is 1.79. The Balaban J connectivity index is 2.51. The Morgan fingerprint density at radius 1 is 1.36 bits per heavy atom. The van der Waals surface area contributed by atoms with Gasteiger partial charge in [-0.2, -0.15) is 0 Å². The molecule has 76 valence electrons. The maximum absolute atomic E-state index is 12.6. The molecule has 2 rings (SSSR count). The summed E-state index contributed by atoms with van der Waals surface area (Å²) in [5.74, 6) is 0. The van der Waals surface area contributed by atoms with Crippen molar-refractivity contribution in [2.75, 3.05) is 6.54 Å². The number of benzene rings is 1. The van der Waals surface area contributed by atoms with Gasteiger partial charge in [0.2, 0.25) is 0 Å². The molecule has 0 aromatic heterocycles. The second-order valence-corrected chi connectivity index (χ2v) is 6.36. The number of rotatable bonds is 1. The van der Waals surface area contributed by atoms with Gasteiger partial charge in [0.05, 0.1) is 9.73 Å². The molecule has 1 unspecified atom stereocenters. The molecule has 0 saturated heterocycles. The highest BCUT2D eigenvalue weighted by Gasteiger charge is 2.23. The lowest BCUT2D eigenvalue weighted by atomic mass is 10.2. The Morgan fingerprint density at radius 3 is 2.71 bits per heavy atom. The van der Waals surface area contributed by atoms with Crippen molar-refractivity contribution in [1.82, 2.24) is 0 Å². The fraction of sp³-hybridized carbons (Fsp3) is 0.455. The summed E-state index contributed by atoms with van der Waals surface area (Å²) in [4.78, 5) is 0.896. The van der Waals surface area contributed by atoms with E-state index in [1.165, 1.54) is 0 Å². The third-order valence-electron chi connectivity index (χ3n) is 2.68. The van der Waals surface area contributed by atoms with Crippen molar-refractivity contribution in [3.8, 4) is 0 Å². The summed E-state index contributed by atoms with van der Waals surface area (Å²) in [7, 11) is -2.12. The maximum atomic E-state index is 12.6. The molecule has 1 heterocycles. The van der Waals surface area contributed by atoms with Gasteiger partial charge in [-0.05, 0) is 31.9 Å². The molecule has 1 aromatic rings. The van der Waals surface area contributed by atoms with Crippen LogP contribution in [0.5, 0.6) is 0 Å². The first-order valence-corrected chi connectivity index (χ1v) is 6.58. The van der Waals surface area contributed by atoms with E-state index in [-0.39, 0.29) is 5.25 Å². The van der Waals surface area contributed by atoms with Crippen LogP contribution in [-0.4, -0.2) is 16.0 Å². The van der Waals surface area contributed by atoms with Gasteiger partial charge in [-0.25, -0.2) is 8.57 Å². The molecule has 1 aliphatic heterocycles. The zero-order valence-corrected chi connectivity index (χ0v) is 9.17. The van der Waals surface area contributed by atoms with Gasteiger partial charge in [0, 0.05) is 16.7 Å². The Hall–Kier alpha value is -0.830. The molecule has 0 bridgehead atoms. The first-order valence-electron chi connectivity index (χ1n) is 5.00. The minimum atomic E-state index is -2.12. The lowest BCUT2D eigenvalue weighted by Crippen LogP contribution is -2.22. The van der Waals surface area contributed by atoms with E-state index in [4.69, 9.17) is 0 Å². The van der Waals surface area contributed by atoms with E-state index in [1.807, 2.05) is 37.3 Å². The molecule has 0 fully saturated rings. The van der Waals surface area contributed by atoms with E-state index in [0.717, 1.165) is 24.3 Å². The highest BCUT2D eigenvalue weighted by atomic mass is 32.2. The molecule has 0 radical (unpaired) electrons. The summed E-state index contributed by atoms with van der Waals surface area (Å²) in [6, 6.07) is 9.65. The molecule has 2 nitrogen and oxygen atoms in total. The zero-order valence-electron chi connectivity index (χ0n) is 8.35. The highest BCUT2D eigenvalue weighted by Crippen LogP contribution is 2.25. The van der Waals surface area contributed by atoms with E-state index in [1.54, 1.807) is 0 Å². The average Bonchev–Trinajstić information content (AvgIpc) is 2.24. The molecule has 0 N–H and O–H groups in total. The van der Waals surface area contributed by atoms with Crippen molar-refractivity contribution < 1.29 is 4.21 Å². The van der Waals surface area contributed by atoms with E-state index >= 15 is 0 Å². The number of hydrogen-bond donors (Lipinski definition) is 0. The van der Waals surface area contributed by atoms with Crippen molar-refractivity contribution >= 4 is 9.73 Å². The summed E-state index contributed by atoms with van der Waals surface area (Å²) in [5.41, 5.74) is 0. The Morgan fingerprint density at radius 2 is 2.07 bits per heavy atom. The summed E-state index contributed by atoms with van der Waals surface area (Å²) in [6.07, 6.45) is 2.10. The highest BCUT2D eigenvalue weighted by molar-refractivity contribution is 7.94. The van der Waals surface area contributed by atoms with Crippen LogP contribution in [-0.2, 0) is 9.73 Å². The van der Waals surface area contributed by atoms with Gasteiger partial charge in [0.1, 0.15) is 0 Å². The van der Waals surface area contributed by atoms with Crippen LogP contribution in [0.3, 0.4) is 0 Å². The van der Waals surface area contributed by atoms with Gasteiger partial charge in [0.15, 0.2) is 0 Å². The first kappa shape index (κ1) is 9.71. The third-order valence-corrected chi connectivity index (χ3v) is 5.52. The number of nitrogens with zero attached hydrogens (tertiary/aromatic N) is 1. The average molecular weight is 209 g/mol. The first-order chi connectivity index (χ1) is 6.73. The smallest absolute Gasteiger partial charge is 0.0778 e. The fourth-order valence-corrected chi connectivity index (χ4v) is 4.09. The standard InChI is InChI=1S/C11H15NOS/c1-10-6-5-9-12-14(10,13)11-7-3-2-4-8-11/h2-4,7-8,10H,5-6,9H2,1H3/t10-,14?/m1/s1. The van der Waals surface area contributed by atoms with Crippen LogP contribution in [0.25, 0.3) is 0 Å². The summed E-state index contributed by atoms with van der Waals surface area (Å²) in [5, 5.41) is 0.193. The summed E-state index contributed by atoms with van der Waals surface area (Å²) < 4.78 is 16.9. The van der Waals surface area contributed by atoms with E-state index in [2.05, 4.69) is 4.36 Å². The molecule has 1 aliphatic rings. The molecule has 3 heteroatoms. The van der Waals surface area contributed by atoms with Crippen molar-refractivity contribution in [3.05, 3.63) is 30.3 Å². The van der Waals surface area contributed by atoms with Crippen molar-refractivity contribution in [2.24, 2.45) is 4.36 Å². The quantitative estimate of drug-likeness (QED) is 0.699. The molecule has 1 aromatic carbocycles. The second kappa shape index (κ2) is 3.73. The van der Waals surface area contributed by atoms with Crippen LogP contribution < -0.4 is 0 Å². The van der Waals surface area contributed by atoms with Crippen LogP contribution in [0.1, 0.15) is 19.8 Å². The molecule has 0 amide bonds. The van der Waals surface area contributed by atoms with E-state index in [0.29, 0.717) is 0 Å². The van der Waals surface area contributed by atoms with Crippen molar-refractivity contribution in [1.29, 1.82) is 0 Å². The van der Waals surface area contributed by atoms with Crippen molar-refractivity contribution in [3.63, 3.8) is 0 Å². The maximum Gasteiger partial charge on any atom is 0.0778 e. The largest absolute Gasteiger partial charge is 0.244 e. The number of hydrogen-bond acceptors (Lipinski definition) is 2. The molecular formula is C11H15NOS. The predicted molar refractivity (Wildman–Crippen MR) is 58.8 cm³/mol. The van der Waals surface area contributed by atoms with Gasteiger partial charge in [-0.3, -0.25) is 0 Å². The molecule has 2 atom stereocenters. The van der Waals surface area contributed by atoms with Crippen molar-refractivity contribution in [2.45, 2.75) is 29.9 Å². The minimum Gasteiger partial charge on any atom is -0.244 e.